The zero-order chi connectivity index (χ0) is 29.7. The molecular weight excluding hydrogens is 516 g/mol. The van der Waals surface area contributed by atoms with Gasteiger partial charge in [0.05, 0.1) is 12.7 Å². The molecule has 0 aromatic carbocycles. The molecule has 234 valence electrons. The van der Waals surface area contributed by atoms with E-state index in [9.17, 15) is 20.4 Å². The topological polar surface area (TPSA) is 99.4 Å². The van der Waals surface area contributed by atoms with Crippen molar-refractivity contribution in [3.63, 3.8) is 0 Å². The van der Waals surface area contributed by atoms with E-state index in [2.05, 4.69) is 59.8 Å². The first kappa shape index (κ1) is 31.7. The first-order valence-electron chi connectivity index (χ1n) is 16.8. The Morgan fingerprint density at radius 3 is 2.41 bits per heavy atom. The van der Waals surface area contributed by atoms with E-state index in [1.807, 2.05) is 0 Å². The predicted octanol–water partition coefficient (Wildman–Crippen LogP) is 5.63. The first-order valence-corrected chi connectivity index (χ1v) is 16.8. The lowest BCUT2D eigenvalue weighted by Gasteiger charge is -2.58. The lowest BCUT2D eigenvalue weighted by Crippen LogP contribution is -2.60. The zero-order valence-electron chi connectivity index (χ0n) is 26.4. The monoisotopic (exact) mass is 574 g/mol. The van der Waals surface area contributed by atoms with E-state index in [-0.39, 0.29) is 11.5 Å². The molecule has 0 aromatic heterocycles. The molecule has 0 amide bonds. The fraction of sp³-hybridized carbons (Fsp3) is 0.886. The van der Waals surface area contributed by atoms with Gasteiger partial charge in [-0.15, -0.1) is 0 Å². The second kappa shape index (κ2) is 12.3. The van der Waals surface area contributed by atoms with Crippen molar-refractivity contribution < 1.29 is 29.9 Å². The van der Waals surface area contributed by atoms with Crippen molar-refractivity contribution in [1.29, 1.82) is 0 Å². The molecule has 5 aliphatic rings. The Labute approximate surface area is 248 Å². The molecule has 41 heavy (non-hydrogen) atoms. The van der Waals surface area contributed by atoms with Crippen molar-refractivity contribution in [2.24, 2.45) is 52.3 Å². The van der Waals surface area contributed by atoms with Crippen molar-refractivity contribution in [2.75, 3.05) is 6.61 Å². The molecule has 0 bridgehead atoms. The van der Waals surface area contributed by atoms with E-state index in [1.165, 1.54) is 37.7 Å². The molecule has 0 aromatic rings. The third-order valence-corrected chi connectivity index (χ3v) is 12.9. The van der Waals surface area contributed by atoms with Crippen molar-refractivity contribution >= 4 is 0 Å². The summed E-state index contributed by atoms with van der Waals surface area (Å²) in [5, 5.41) is 40.4. The van der Waals surface area contributed by atoms with E-state index in [0.717, 1.165) is 43.4 Å². The number of aliphatic hydroxyl groups is 4. The Kier molecular flexibility index (Phi) is 9.51. The molecule has 1 saturated heterocycles. The summed E-state index contributed by atoms with van der Waals surface area (Å²) in [6, 6.07) is 0. The number of aliphatic hydroxyl groups excluding tert-OH is 4. The van der Waals surface area contributed by atoms with Crippen molar-refractivity contribution in [2.45, 2.75) is 136 Å². The number of ether oxygens (including phenoxy) is 2. The molecule has 6 nitrogen and oxygen atoms in total. The SMILES string of the molecule is CC[C@H](C=C[C@@H](C)[C@H]1CC[C@H]2[C@@H]3CC=C4C[C@@H](O[C@@H]5O[C@H](CO)[C@H](O)[C@@H](O)[C@H]5O)CC[C@]4(C)[C@H]3CC[C@]12C)C(C)C. The van der Waals surface area contributed by atoms with E-state index >= 15 is 0 Å². The zero-order valence-corrected chi connectivity index (χ0v) is 26.4. The number of allylic oxidation sites excluding steroid dienone is 3. The predicted molar refractivity (Wildman–Crippen MR) is 161 cm³/mol. The Balaban J connectivity index is 1.26. The smallest absolute Gasteiger partial charge is 0.186 e. The van der Waals surface area contributed by atoms with Crippen LogP contribution in [0.2, 0.25) is 0 Å². The van der Waals surface area contributed by atoms with Gasteiger partial charge in [0.15, 0.2) is 6.29 Å². The molecule has 14 atom stereocenters. The van der Waals surface area contributed by atoms with E-state index in [4.69, 9.17) is 9.47 Å². The van der Waals surface area contributed by atoms with Crippen LogP contribution in [0.4, 0.5) is 0 Å². The molecule has 4 N–H and O–H groups in total. The third-order valence-electron chi connectivity index (χ3n) is 12.9. The minimum absolute atomic E-state index is 0.109. The van der Waals surface area contributed by atoms with Gasteiger partial charge in [-0.1, -0.05) is 65.3 Å². The highest BCUT2D eigenvalue weighted by Gasteiger charge is 2.59. The van der Waals surface area contributed by atoms with Gasteiger partial charge in [0, 0.05) is 0 Å². The Morgan fingerprint density at radius 2 is 1.73 bits per heavy atom. The summed E-state index contributed by atoms with van der Waals surface area (Å²) in [4.78, 5) is 0. The van der Waals surface area contributed by atoms with Gasteiger partial charge in [0.1, 0.15) is 24.4 Å². The molecule has 0 radical (unpaired) electrons. The number of hydrogen-bond acceptors (Lipinski definition) is 6. The molecule has 3 saturated carbocycles. The highest BCUT2D eigenvalue weighted by molar-refractivity contribution is 5.25. The summed E-state index contributed by atoms with van der Waals surface area (Å²) >= 11 is 0. The molecule has 0 spiro atoms. The number of fused-ring (bicyclic) bond motifs is 5. The van der Waals surface area contributed by atoms with Crippen molar-refractivity contribution in [3.8, 4) is 0 Å². The van der Waals surface area contributed by atoms with Gasteiger partial charge in [-0.3, -0.25) is 0 Å². The highest BCUT2D eigenvalue weighted by atomic mass is 16.7. The number of rotatable bonds is 8. The van der Waals surface area contributed by atoms with Crippen LogP contribution in [0.3, 0.4) is 0 Å². The van der Waals surface area contributed by atoms with Crippen LogP contribution in [0.15, 0.2) is 23.8 Å². The Bertz CT molecular complexity index is 960. The summed E-state index contributed by atoms with van der Waals surface area (Å²) in [6.07, 6.45) is 11.9. The van der Waals surface area contributed by atoms with Crippen LogP contribution in [0, 0.1) is 52.3 Å². The Morgan fingerprint density at radius 1 is 0.976 bits per heavy atom. The van der Waals surface area contributed by atoms with Gasteiger partial charge >= 0.3 is 0 Å². The van der Waals surface area contributed by atoms with Crippen molar-refractivity contribution in [1.82, 2.24) is 0 Å². The summed E-state index contributed by atoms with van der Waals surface area (Å²) < 4.78 is 11.9. The van der Waals surface area contributed by atoms with E-state index in [0.29, 0.717) is 29.1 Å². The summed E-state index contributed by atoms with van der Waals surface area (Å²) in [5.41, 5.74) is 2.11. The van der Waals surface area contributed by atoms with E-state index < -0.39 is 37.3 Å². The number of hydrogen-bond donors (Lipinski definition) is 4. The summed E-state index contributed by atoms with van der Waals surface area (Å²) in [7, 11) is 0. The Hall–Kier alpha value is -0.760. The molecule has 1 heterocycles. The highest BCUT2D eigenvalue weighted by Crippen LogP contribution is 2.67. The molecular formula is C35H58O6. The minimum atomic E-state index is -1.40. The molecule has 5 rings (SSSR count). The van der Waals surface area contributed by atoms with Gasteiger partial charge in [-0.05, 0) is 110 Å². The maximum absolute atomic E-state index is 10.5. The quantitative estimate of drug-likeness (QED) is 0.281. The lowest BCUT2D eigenvalue weighted by atomic mass is 9.47. The fourth-order valence-corrected chi connectivity index (χ4v) is 10.3. The normalized spacial score (nSPS) is 47.9. The summed E-state index contributed by atoms with van der Waals surface area (Å²) in [5.74, 6) is 5.05. The van der Waals surface area contributed by atoms with Gasteiger partial charge in [-0.25, -0.2) is 0 Å². The minimum Gasteiger partial charge on any atom is -0.394 e. The van der Waals surface area contributed by atoms with Crippen LogP contribution in [0.5, 0.6) is 0 Å². The third kappa shape index (κ3) is 5.64. The van der Waals surface area contributed by atoms with Crippen LogP contribution < -0.4 is 0 Å². The van der Waals surface area contributed by atoms with Crippen LogP contribution in [-0.4, -0.2) is 63.8 Å². The first-order chi connectivity index (χ1) is 19.4. The van der Waals surface area contributed by atoms with Gasteiger partial charge in [-0.2, -0.15) is 0 Å². The van der Waals surface area contributed by atoms with Crippen LogP contribution in [-0.2, 0) is 9.47 Å². The van der Waals surface area contributed by atoms with Crippen LogP contribution >= 0.6 is 0 Å². The van der Waals surface area contributed by atoms with Crippen LogP contribution in [0.25, 0.3) is 0 Å². The summed E-state index contributed by atoms with van der Waals surface area (Å²) in [6.45, 7) is 14.2. The molecule has 6 heteroatoms. The van der Waals surface area contributed by atoms with E-state index in [1.54, 1.807) is 0 Å². The lowest BCUT2D eigenvalue weighted by molar-refractivity contribution is -0.313. The largest absolute Gasteiger partial charge is 0.394 e. The standard InChI is InChI=1S/C35H58O6/c1-7-22(20(2)3)9-8-21(4)26-12-13-27-25-11-10-23-18-24(14-16-34(23,5)28(25)15-17-35(26,27)6)40-33-32(39)31(38)30(37)29(19-36)41-33/h8-10,20-22,24-33,36-39H,7,11-19H2,1-6H3/t21-,22-,24+,25+,26-,27+,28+,29-,30+,31-,32-,33-,34+,35-/m1/s1. The second-order valence-electron chi connectivity index (χ2n) is 15.2. The maximum Gasteiger partial charge on any atom is 0.186 e. The van der Waals surface area contributed by atoms with Crippen molar-refractivity contribution in [3.05, 3.63) is 23.8 Å². The van der Waals surface area contributed by atoms with Gasteiger partial charge in [0.2, 0.25) is 0 Å². The second-order valence-corrected chi connectivity index (χ2v) is 15.2. The fourth-order valence-electron chi connectivity index (χ4n) is 10.3. The molecule has 0 unspecified atom stereocenters. The average molecular weight is 575 g/mol. The molecule has 4 aliphatic carbocycles. The molecule has 1 aliphatic heterocycles. The van der Waals surface area contributed by atoms with Crippen LogP contribution in [0.1, 0.15) is 99.3 Å². The molecule has 4 fully saturated rings. The van der Waals surface area contributed by atoms with Gasteiger partial charge in [0.25, 0.3) is 0 Å². The van der Waals surface area contributed by atoms with Gasteiger partial charge < -0.3 is 29.9 Å². The maximum atomic E-state index is 10.5. The average Bonchev–Trinajstić information content (AvgIpc) is 3.30.